The smallest absolute Gasteiger partial charge is 0.409 e. The first-order valence-corrected chi connectivity index (χ1v) is 6.01. The Morgan fingerprint density at radius 3 is 2.60 bits per heavy atom. The molecule has 2 aromatic carbocycles. The van der Waals surface area contributed by atoms with Gasteiger partial charge in [-0.15, -0.1) is 0 Å². The van der Waals surface area contributed by atoms with Crippen LogP contribution in [0, 0.1) is 0 Å². The highest BCUT2D eigenvalue weighted by molar-refractivity contribution is 5.68. The van der Waals surface area contributed by atoms with Crippen LogP contribution in [0.1, 0.15) is 5.56 Å². The number of rotatable bonds is 5. The number of carbonyl (C=O) groups is 1. The molecule has 0 bridgehead atoms. The minimum absolute atomic E-state index is 0.343. The zero-order valence-corrected chi connectivity index (χ0v) is 11.0. The number of carbonyl (C=O) groups excluding carboxylic acids is 1. The summed E-state index contributed by atoms with van der Waals surface area (Å²) < 4.78 is 15.7. The Bertz CT molecular complexity index is 598. The average Bonchev–Trinajstić information content (AvgIpc) is 2.45. The molecule has 5 nitrogen and oxygen atoms in total. The maximum absolute atomic E-state index is 10.7. The summed E-state index contributed by atoms with van der Waals surface area (Å²) in [6.07, 6.45) is -0.855. The Hall–Kier alpha value is -2.69. The second kappa shape index (κ2) is 6.47. The molecule has 0 spiro atoms. The summed E-state index contributed by atoms with van der Waals surface area (Å²) in [5.74, 6) is 1.68. The number of para-hydroxylation sites is 1. The van der Waals surface area contributed by atoms with Gasteiger partial charge in [-0.05, 0) is 18.2 Å². The first kappa shape index (κ1) is 13.7. The molecule has 1 amide bonds. The average molecular weight is 273 g/mol. The van der Waals surface area contributed by atoms with Gasteiger partial charge >= 0.3 is 6.09 Å². The molecule has 0 aliphatic rings. The third kappa shape index (κ3) is 3.65. The second-order valence-electron chi connectivity index (χ2n) is 4.00. The van der Waals surface area contributed by atoms with Gasteiger partial charge < -0.3 is 19.9 Å². The van der Waals surface area contributed by atoms with Crippen LogP contribution < -0.4 is 19.9 Å². The molecule has 104 valence electrons. The summed E-state index contributed by atoms with van der Waals surface area (Å²) in [6, 6.07) is 14.3. The molecule has 0 aliphatic carbocycles. The largest absolute Gasteiger partial charge is 0.496 e. The minimum atomic E-state index is -0.855. The highest BCUT2D eigenvalue weighted by Crippen LogP contribution is 2.23. The van der Waals surface area contributed by atoms with Gasteiger partial charge in [-0.25, -0.2) is 4.79 Å². The van der Waals surface area contributed by atoms with Gasteiger partial charge in [-0.3, -0.25) is 0 Å². The molecule has 0 fully saturated rings. The molecule has 0 radical (unpaired) electrons. The van der Waals surface area contributed by atoms with Crippen LogP contribution in [0.2, 0.25) is 0 Å². The van der Waals surface area contributed by atoms with E-state index < -0.39 is 6.09 Å². The number of methoxy groups -OCH3 is 1. The van der Waals surface area contributed by atoms with Crippen molar-refractivity contribution in [3.63, 3.8) is 0 Å². The van der Waals surface area contributed by atoms with Gasteiger partial charge in [-0.2, -0.15) is 0 Å². The summed E-state index contributed by atoms with van der Waals surface area (Å²) in [6.45, 7) is 0.351. The van der Waals surface area contributed by atoms with Gasteiger partial charge in [0.2, 0.25) is 0 Å². The Labute approximate surface area is 116 Å². The quantitative estimate of drug-likeness (QED) is 0.909. The molecule has 2 N–H and O–H groups in total. The van der Waals surface area contributed by atoms with E-state index in [1.54, 1.807) is 31.4 Å². The number of ether oxygens (including phenoxy) is 3. The van der Waals surface area contributed by atoms with Crippen molar-refractivity contribution < 1.29 is 19.0 Å². The predicted octanol–water partition coefficient (Wildman–Crippen LogP) is 2.73. The number of hydrogen-bond acceptors (Lipinski definition) is 4. The van der Waals surface area contributed by atoms with Crippen LogP contribution >= 0.6 is 0 Å². The van der Waals surface area contributed by atoms with Crippen LogP contribution in [0.4, 0.5) is 4.79 Å². The molecule has 0 aromatic heterocycles. The molecular weight excluding hydrogens is 258 g/mol. The van der Waals surface area contributed by atoms with Gasteiger partial charge in [0, 0.05) is 11.6 Å². The van der Waals surface area contributed by atoms with Crippen LogP contribution in [0.5, 0.6) is 17.2 Å². The summed E-state index contributed by atoms with van der Waals surface area (Å²) >= 11 is 0. The van der Waals surface area contributed by atoms with Crippen LogP contribution in [0.25, 0.3) is 0 Å². The van der Waals surface area contributed by atoms with Crippen LogP contribution in [0.15, 0.2) is 48.5 Å². The van der Waals surface area contributed by atoms with Gasteiger partial charge in [0.15, 0.2) is 0 Å². The van der Waals surface area contributed by atoms with E-state index in [-0.39, 0.29) is 0 Å². The molecule has 0 saturated heterocycles. The molecular formula is C15H15NO4. The molecule has 5 heteroatoms. The molecule has 2 rings (SSSR count). The van der Waals surface area contributed by atoms with Gasteiger partial charge in [0.05, 0.1) is 7.11 Å². The predicted molar refractivity (Wildman–Crippen MR) is 74.0 cm³/mol. The Balaban J connectivity index is 2.05. The van der Waals surface area contributed by atoms with Crippen molar-refractivity contribution >= 4 is 6.09 Å². The SMILES string of the molecule is COc1ccccc1COc1cccc(OC(N)=O)c1. The molecule has 0 unspecified atom stereocenters. The monoisotopic (exact) mass is 273 g/mol. The molecule has 20 heavy (non-hydrogen) atoms. The molecule has 0 aliphatic heterocycles. The van der Waals surface area contributed by atoms with E-state index in [2.05, 4.69) is 0 Å². The van der Waals surface area contributed by atoms with E-state index in [0.29, 0.717) is 18.1 Å². The molecule has 0 heterocycles. The first-order valence-electron chi connectivity index (χ1n) is 6.01. The number of benzene rings is 2. The van der Waals surface area contributed by atoms with Crippen molar-refractivity contribution in [1.82, 2.24) is 0 Å². The van der Waals surface area contributed by atoms with Gasteiger partial charge in [-0.1, -0.05) is 24.3 Å². The molecule has 2 aromatic rings. The number of primary amides is 1. The lowest BCUT2D eigenvalue weighted by Crippen LogP contribution is -2.16. The van der Waals surface area contributed by atoms with E-state index in [4.69, 9.17) is 19.9 Å². The fourth-order valence-corrected chi connectivity index (χ4v) is 1.73. The van der Waals surface area contributed by atoms with Crippen LogP contribution in [-0.4, -0.2) is 13.2 Å². The maximum atomic E-state index is 10.7. The standard InChI is InChI=1S/C15H15NO4/c1-18-14-8-3-2-5-11(14)10-19-12-6-4-7-13(9-12)20-15(16)17/h2-9H,10H2,1H3,(H2,16,17). The van der Waals surface area contributed by atoms with Crippen LogP contribution in [-0.2, 0) is 6.61 Å². The van der Waals surface area contributed by atoms with Crippen molar-refractivity contribution in [2.75, 3.05) is 7.11 Å². The summed E-state index contributed by atoms with van der Waals surface area (Å²) in [5.41, 5.74) is 5.89. The van der Waals surface area contributed by atoms with Gasteiger partial charge in [0.1, 0.15) is 23.9 Å². The van der Waals surface area contributed by atoms with Crippen molar-refractivity contribution in [3.8, 4) is 17.2 Å². The normalized spacial score (nSPS) is 9.85. The van der Waals surface area contributed by atoms with Gasteiger partial charge in [0.25, 0.3) is 0 Å². The maximum Gasteiger partial charge on any atom is 0.409 e. The fourth-order valence-electron chi connectivity index (χ4n) is 1.73. The van der Waals surface area contributed by atoms with Crippen molar-refractivity contribution in [3.05, 3.63) is 54.1 Å². The van der Waals surface area contributed by atoms with E-state index in [0.717, 1.165) is 11.3 Å². The van der Waals surface area contributed by atoms with Crippen molar-refractivity contribution in [2.24, 2.45) is 5.73 Å². The lowest BCUT2D eigenvalue weighted by Gasteiger charge is -2.10. The minimum Gasteiger partial charge on any atom is -0.496 e. The topological polar surface area (TPSA) is 70.8 Å². The number of nitrogens with two attached hydrogens (primary N) is 1. The fraction of sp³-hybridized carbons (Fsp3) is 0.133. The Kier molecular flexibility index (Phi) is 4.44. The van der Waals surface area contributed by atoms with E-state index in [9.17, 15) is 4.79 Å². The van der Waals surface area contributed by atoms with Crippen molar-refractivity contribution in [1.29, 1.82) is 0 Å². The summed E-state index contributed by atoms with van der Waals surface area (Å²) in [4.78, 5) is 10.7. The third-order valence-corrected chi connectivity index (χ3v) is 2.61. The highest BCUT2D eigenvalue weighted by atomic mass is 16.5. The lowest BCUT2D eigenvalue weighted by atomic mass is 10.2. The Morgan fingerprint density at radius 1 is 1.10 bits per heavy atom. The lowest BCUT2D eigenvalue weighted by molar-refractivity contribution is 0.210. The first-order chi connectivity index (χ1) is 9.69. The van der Waals surface area contributed by atoms with E-state index >= 15 is 0 Å². The van der Waals surface area contributed by atoms with E-state index in [1.165, 1.54) is 0 Å². The molecule has 0 atom stereocenters. The third-order valence-electron chi connectivity index (χ3n) is 2.61. The van der Waals surface area contributed by atoms with Crippen molar-refractivity contribution in [2.45, 2.75) is 6.61 Å². The summed E-state index contributed by atoms with van der Waals surface area (Å²) in [5, 5.41) is 0. The zero-order chi connectivity index (χ0) is 14.4. The van der Waals surface area contributed by atoms with E-state index in [1.807, 2.05) is 24.3 Å². The second-order valence-corrected chi connectivity index (χ2v) is 4.00. The highest BCUT2D eigenvalue weighted by Gasteiger charge is 2.04. The summed E-state index contributed by atoms with van der Waals surface area (Å²) in [7, 11) is 1.61. The van der Waals surface area contributed by atoms with Crippen LogP contribution in [0.3, 0.4) is 0 Å². The zero-order valence-electron chi connectivity index (χ0n) is 11.0. The number of amides is 1. The Morgan fingerprint density at radius 2 is 1.85 bits per heavy atom. The number of hydrogen-bond donors (Lipinski definition) is 1. The molecule has 0 saturated carbocycles.